The van der Waals surface area contributed by atoms with Gasteiger partial charge in [-0.1, -0.05) is 30.3 Å². The average molecular weight is 293 g/mol. The number of urea groups is 1. The second-order valence-electron chi connectivity index (χ2n) is 6.07. The fraction of sp³-hybridized carbons (Fsp3) is 0.562. The van der Waals surface area contributed by atoms with Crippen LogP contribution in [0.2, 0.25) is 0 Å². The number of aliphatic hydroxyl groups is 1. The van der Waals surface area contributed by atoms with Crippen molar-refractivity contribution in [1.82, 2.24) is 16.0 Å². The summed E-state index contributed by atoms with van der Waals surface area (Å²) in [6, 6.07) is 9.87. The fourth-order valence-electron chi connectivity index (χ4n) is 2.08. The first-order chi connectivity index (χ1) is 9.84. The van der Waals surface area contributed by atoms with Crippen LogP contribution in [0.1, 0.15) is 39.3 Å². The van der Waals surface area contributed by atoms with E-state index in [-0.39, 0.29) is 30.3 Å². The lowest BCUT2D eigenvalue weighted by Crippen LogP contribution is -2.52. The van der Waals surface area contributed by atoms with E-state index in [9.17, 15) is 4.79 Å². The van der Waals surface area contributed by atoms with E-state index < -0.39 is 0 Å². The molecule has 0 spiro atoms. The van der Waals surface area contributed by atoms with Crippen LogP contribution >= 0.6 is 0 Å². The van der Waals surface area contributed by atoms with Gasteiger partial charge in [0.05, 0.1) is 12.6 Å². The fourth-order valence-corrected chi connectivity index (χ4v) is 2.08. The molecule has 4 N–H and O–H groups in total. The Morgan fingerprint density at radius 2 is 1.86 bits per heavy atom. The van der Waals surface area contributed by atoms with Crippen LogP contribution in [0.25, 0.3) is 0 Å². The van der Waals surface area contributed by atoms with Gasteiger partial charge in [0.2, 0.25) is 0 Å². The highest BCUT2D eigenvalue weighted by molar-refractivity contribution is 5.74. The zero-order valence-electron chi connectivity index (χ0n) is 13.3. The zero-order valence-corrected chi connectivity index (χ0v) is 13.3. The first kappa shape index (κ1) is 17.5. The first-order valence-electron chi connectivity index (χ1n) is 7.32. The SMILES string of the molecule is CC(NC(C)(C)CNC(=O)N[C@@H](C)CO)c1ccccc1. The van der Waals surface area contributed by atoms with Crippen LogP contribution < -0.4 is 16.0 Å². The molecule has 118 valence electrons. The van der Waals surface area contributed by atoms with Crippen molar-refractivity contribution in [3.05, 3.63) is 35.9 Å². The zero-order chi connectivity index (χ0) is 15.9. The van der Waals surface area contributed by atoms with Gasteiger partial charge < -0.3 is 21.1 Å². The van der Waals surface area contributed by atoms with Crippen LogP contribution in [0.4, 0.5) is 4.79 Å². The second-order valence-corrected chi connectivity index (χ2v) is 6.07. The van der Waals surface area contributed by atoms with Crippen molar-refractivity contribution in [2.45, 2.75) is 45.3 Å². The van der Waals surface area contributed by atoms with Gasteiger partial charge in [0.25, 0.3) is 0 Å². The largest absolute Gasteiger partial charge is 0.394 e. The van der Waals surface area contributed by atoms with Gasteiger partial charge in [-0.15, -0.1) is 0 Å². The summed E-state index contributed by atoms with van der Waals surface area (Å²) in [6.07, 6.45) is 0. The number of rotatable bonds is 7. The molecule has 0 heterocycles. The highest BCUT2D eigenvalue weighted by atomic mass is 16.3. The first-order valence-corrected chi connectivity index (χ1v) is 7.32. The van der Waals surface area contributed by atoms with Crippen molar-refractivity contribution in [1.29, 1.82) is 0 Å². The van der Waals surface area contributed by atoms with Crippen LogP contribution in [0.3, 0.4) is 0 Å². The number of carbonyl (C=O) groups is 1. The number of amides is 2. The molecular weight excluding hydrogens is 266 g/mol. The third-order valence-corrected chi connectivity index (χ3v) is 3.25. The summed E-state index contributed by atoms with van der Waals surface area (Å²) >= 11 is 0. The molecule has 1 unspecified atom stereocenters. The smallest absolute Gasteiger partial charge is 0.315 e. The lowest BCUT2D eigenvalue weighted by Gasteiger charge is -2.31. The summed E-state index contributed by atoms with van der Waals surface area (Å²) in [7, 11) is 0. The minimum atomic E-state index is -0.265. The van der Waals surface area contributed by atoms with Gasteiger partial charge >= 0.3 is 6.03 Å². The van der Waals surface area contributed by atoms with E-state index in [0.717, 1.165) is 0 Å². The molecule has 5 nitrogen and oxygen atoms in total. The van der Waals surface area contributed by atoms with E-state index in [4.69, 9.17) is 5.11 Å². The Labute approximate surface area is 127 Å². The highest BCUT2D eigenvalue weighted by Gasteiger charge is 2.21. The summed E-state index contributed by atoms with van der Waals surface area (Å²) in [5.41, 5.74) is 0.971. The molecule has 0 bridgehead atoms. The molecule has 21 heavy (non-hydrogen) atoms. The highest BCUT2D eigenvalue weighted by Crippen LogP contribution is 2.15. The van der Waals surface area contributed by atoms with Crippen molar-refractivity contribution in [2.75, 3.05) is 13.2 Å². The van der Waals surface area contributed by atoms with E-state index in [1.54, 1.807) is 6.92 Å². The van der Waals surface area contributed by atoms with Gasteiger partial charge in [0.15, 0.2) is 0 Å². The van der Waals surface area contributed by atoms with E-state index in [1.807, 2.05) is 32.0 Å². The van der Waals surface area contributed by atoms with Crippen LogP contribution in [0.5, 0.6) is 0 Å². The Balaban J connectivity index is 2.44. The molecule has 0 fully saturated rings. The van der Waals surface area contributed by atoms with Gasteiger partial charge in [-0.3, -0.25) is 0 Å². The van der Waals surface area contributed by atoms with E-state index in [0.29, 0.717) is 6.54 Å². The number of nitrogens with one attached hydrogen (secondary N) is 3. The predicted molar refractivity (Wildman–Crippen MR) is 85.2 cm³/mol. The number of carbonyl (C=O) groups excluding carboxylic acids is 1. The van der Waals surface area contributed by atoms with E-state index in [2.05, 4.69) is 35.0 Å². The van der Waals surface area contributed by atoms with Gasteiger partial charge in [-0.25, -0.2) is 4.79 Å². The standard InChI is InChI=1S/C16H27N3O2/c1-12(10-20)18-15(21)17-11-16(3,4)19-13(2)14-8-6-5-7-9-14/h5-9,12-13,19-20H,10-11H2,1-4H3,(H2,17,18,21)/t12-,13?/m0/s1. The normalized spacial score (nSPS) is 14.3. The lowest BCUT2D eigenvalue weighted by atomic mass is 10.0. The third kappa shape index (κ3) is 6.60. The predicted octanol–water partition coefficient (Wildman–Crippen LogP) is 1.80. The Morgan fingerprint density at radius 3 is 2.43 bits per heavy atom. The van der Waals surface area contributed by atoms with Crippen molar-refractivity contribution >= 4 is 6.03 Å². The molecule has 1 aromatic carbocycles. The Bertz CT molecular complexity index is 434. The van der Waals surface area contributed by atoms with Crippen molar-refractivity contribution in [3.8, 4) is 0 Å². The van der Waals surface area contributed by atoms with Crippen molar-refractivity contribution in [3.63, 3.8) is 0 Å². The Morgan fingerprint density at radius 1 is 1.24 bits per heavy atom. The van der Waals surface area contributed by atoms with Crippen LogP contribution in [-0.4, -0.2) is 35.9 Å². The minimum Gasteiger partial charge on any atom is -0.394 e. The second kappa shape index (κ2) is 8.00. The molecule has 2 atom stereocenters. The van der Waals surface area contributed by atoms with Gasteiger partial charge in [-0.2, -0.15) is 0 Å². The molecule has 0 saturated heterocycles. The molecule has 1 aromatic rings. The summed E-state index contributed by atoms with van der Waals surface area (Å²) < 4.78 is 0. The minimum absolute atomic E-state index is 0.0693. The molecule has 0 aromatic heterocycles. The van der Waals surface area contributed by atoms with E-state index in [1.165, 1.54) is 5.56 Å². The number of aliphatic hydroxyl groups excluding tert-OH is 1. The summed E-state index contributed by atoms with van der Waals surface area (Å²) in [4.78, 5) is 11.7. The Hall–Kier alpha value is -1.59. The van der Waals surface area contributed by atoms with Crippen molar-refractivity contribution < 1.29 is 9.90 Å². The molecule has 5 heteroatoms. The molecule has 1 rings (SSSR count). The summed E-state index contributed by atoms with van der Waals surface area (Å²) in [5.74, 6) is 0. The summed E-state index contributed by atoms with van der Waals surface area (Å²) in [5, 5.41) is 17.9. The third-order valence-electron chi connectivity index (χ3n) is 3.25. The topological polar surface area (TPSA) is 73.4 Å². The van der Waals surface area contributed by atoms with Crippen molar-refractivity contribution in [2.24, 2.45) is 0 Å². The molecule has 0 aliphatic rings. The summed E-state index contributed by atoms with van der Waals surface area (Å²) in [6.45, 7) is 8.37. The molecular formula is C16H27N3O2. The van der Waals surface area contributed by atoms with E-state index >= 15 is 0 Å². The van der Waals surface area contributed by atoms with Gasteiger partial charge in [-0.05, 0) is 33.3 Å². The maximum Gasteiger partial charge on any atom is 0.315 e. The van der Waals surface area contributed by atoms with Crippen LogP contribution in [0.15, 0.2) is 30.3 Å². The van der Waals surface area contributed by atoms with Crippen LogP contribution in [-0.2, 0) is 0 Å². The number of benzene rings is 1. The van der Waals surface area contributed by atoms with Crippen LogP contribution in [0, 0.1) is 0 Å². The number of hydrogen-bond donors (Lipinski definition) is 4. The maximum atomic E-state index is 11.7. The molecule has 0 saturated carbocycles. The maximum absolute atomic E-state index is 11.7. The Kier molecular flexibility index (Phi) is 6.65. The lowest BCUT2D eigenvalue weighted by molar-refractivity contribution is 0.216. The van der Waals surface area contributed by atoms with Gasteiger partial charge in [0, 0.05) is 18.1 Å². The molecule has 0 aliphatic heterocycles. The molecule has 0 aliphatic carbocycles. The average Bonchev–Trinajstić information content (AvgIpc) is 2.45. The van der Waals surface area contributed by atoms with Gasteiger partial charge in [0.1, 0.15) is 0 Å². The monoisotopic (exact) mass is 293 g/mol. The quantitative estimate of drug-likeness (QED) is 0.619. The molecule has 2 amide bonds. The molecule has 0 radical (unpaired) electrons. The number of hydrogen-bond acceptors (Lipinski definition) is 3.